The van der Waals surface area contributed by atoms with Crippen LogP contribution >= 0.6 is 11.6 Å². The van der Waals surface area contributed by atoms with Crippen LogP contribution in [0.2, 0.25) is 0 Å². The lowest BCUT2D eigenvalue weighted by Gasteiger charge is -2.31. The molecule has 3 nitrogen and oxygen atoms in total. The van der Waals surface area contributed by atoms with Crippen LogP contribution in [0.25, 0.3) is 0 Å². The number of hydrogen-bond acceptors (Lipinski definition) is 3. The van der Waals surface area contributed by atoms with E-state index in [1.807, 2.05) is 20.8 Å². The van der Waals surface area contributed by atoms with Crippen LogP contribution in [0.4, 0.5) is 5.69 Å². The zero-order valence-corrected chi connectivity index (χ0v) is 12.1. The van der Waals surface area contributed by atoms with E-state index in [2.05, 4.69) is 5.32 Å². The average Bonchev–Trinajstić information content (AvgIpc) is 2.15. The van der Waals surface area contributed by atoms with Crippen LogP contribution in [0, 0.1) is 0 Å². The number of benzene rings is 1. The molecule has 0 amide bonds. The van der Waals surface area contributed by atoms with Crippen molar-refractivity contribution < 1.29 is 8.42 Å². The van der Waals surface area contributed by atoms with Crippen LogP contribution in [0.1, 0.15) is 20.8 Å². The molecule has 96 valence electrons. The summed E-state index contributed by atoms with van der Waals surface area (Å²) in [6.45, 7) is 5.74. The molecule has 0 aliphatic heterocycles. The van der Waals surface area contributed by atoms with Crippen LogP contribution in [-0.4, -0.2) is 25.6 Å². The van der Waals surface area contributed by atoms with E-state index in [1.165, 1.54) is 6.26 Å². The molecule has 0 spiro atoms. The largest absolute Gasteiger partial charge is 0.378 e. The Morgan fingerprint density at radius 1 is 1.29 bits per heavy atom. The second-order valence-electron chi connectivity index (χ2n) is 4.73. The highest BCUT2D eigenvalue weighted by Crippen LogP contribution is 2.27. The van der Waals surface area contributed by atoms with Crippen molar-refractivity contribution in [3.63, 3.8) is 0 Å². The number of para-hydroxylation sites is 1. The van der Waals surface area contributed by atoms with Gasteiger partial charge in [-0.05, 0) is 32.9 Å². The molecule has 0 saturated heterocycles. The second-order valence-corrected chi connectivity index (χ2v) is 7.37. The SMILES string of the molecule is CC(Cl)C(C)(C)Nc1ccccc1S(C)(=O)=O. The van der Waals surface area contributed by atoms with Gasteiger partial charge < -0.3 is 5.32 Å². The smallest absolute Gasteiger partial charge is 0.177 e. The van der Waals surface area contributed by atoms with Gasteiger partial charge in [0.05, 0.1) is 16.0 Å². The fourth-order valence-electron chi connectivity index (χ4n) is 1.34. The number of anilines is 1. The molecule has 1 rings (SSSR count). The van der Waals surface area contributed by atoms with E-state index in [9.17, 15) is 8.42 Å². The first-order chi connectivity index (χ1) is 7.64. The van der Waals surface area contributed by atoms with Gasteiger partial charge >= 0.3 is 0 Å². The molecule has 1 aromatic carbocycles. The predicted molar refractivity (Wildman–Crippen MR) is 72.6 cm³/mol. The minimum absolute atomic E-state index is 0.130. The summed E-state index contributed by atoms with van der Waals surface area (Å²) in [4.78, 5) is 0.297. The molecule has 0 saturated carbocycles. The Balaban J connectivity index is 3.17. The van der Waals surface area contributed by atoms with E-state index < -0.39 is 9.84 Å². The van der Waals surface area contributed by atoms with E-state index in [-0.39, 0.29) is 10.9 Å². The molecule has 0 heterocycles. The van der Waals surface area contributed by atoms with Crippen molar-refractivity contribution in [1.29, 1.82) is 0 Å². The fraction of sp³-hybridized carbons (Fsp3) is 0.500. The van der Waals surface area contributed by atoms with E-state index in [0.29, 0.717) is 10.6 Å². The summed E-state index contributed by atoms with van der Waals surface area (Å²) in [6.07, 6.45) is 1.20. The van der Waals surface area contributed by atoms with Gasteiger partial charge in [-0.25, -0.2) is 8.42 Å². The average molecular weight is 276 g/mol. The molecule has 0 radical (unpaired) electrons. The topological polar surface area (TPSA) is 46.2 Å². The Hall–Kier alpha value is -0.740. The van der Waals surface area contributed by atoms with Gasteiger partial charge in [0.1, 0.15) is 0 Å². The molecule has 0 aliphatic rings. The molecular formula is C12H18ClNO2S. The highest BCUT2D eigenvalue weighted by molar-refractivity contribution is 7.90. The number of hydrogen-bond donors (Lipinski definition) is 1. The molecule has 1 unspecified atom stereocenters. The zero-order valence-electron chi connectivity index (χ0n) is 10.5. The molecule has 0 aromatic heterocycles. The van der Waals surface area contributed by atoms with Crippen LogP contribution < -0.4 is 5.32 Å². The summed E-state index contributed by atoms with van der Waals surface area (Å²) >= 11 is 6.07. The number of rotatable bonds is 4. The predicted octanol–water partition coefficient (Wildman–Crippen LogP) is 2.91. The molecule has 17 heavy (non-hydrogen) atoms. The maximum Gasteiger partial charge on any atom is 0.177 e. The monoisotopic (exact) mass is 275 g/mol. The standard InChI is InChI=1S/C12H18ClNO2S/c1-9(13)12(2,3)14-10-7-5-6-8-11(10)17(4,15)16/h5-9,14H,1-4H3. The van der Waals surface area contributed by atoms with E-state index in [1.54, 1.807) is 24.3 Å². The highest BCUT2D eigenvalue weighted by Gasteiger charge is 2.25. The Bertz CT molecular complexity index is 495. The van der Waals surface area contributed by atoms with Gasteiger partial charge in [0.2, 0.25) is 0 Å². The van der Waals surface area contributed by atoms with Crippen LogP contribution in [0.15, 0.2) is 29.2 Å². The second kappa shape index (κ2) is 4.86. The third-order valence-electron chi connectivity index (χ3n) is 2.74. The summed E-state index contributed by atoms with van der Waals surface area (Å²) < 4.78 is 23.3. The molecule has 0 bridgehead atoms. The Kier molecular flexibility index (Phi) is 4.10. The third kappa shape index (κ3) is 3.61. The number of halogens is 1. The Morgan fingerprint density at radius 2 is 1.82 bits per heavy atom. The summed E-state index contributed by atoms with van der Waals surface area (Å²) in [7, 11) is -3.24. The molecule has 1 N–H and O–H groups in total. The lowest BCUT2D eigenvalue weighted by atomic mass is 10.0. The minimum Gasteiger partial charge on any atom is -0.378 e. The van der Waals surface area contributed by atoms with Gasteiger partial charge in [-0.15, -0.1) is 11.6 Å². The lowest BCUT2D eigenvalue weighted by Crippen LogP contribution is -2.39. The first kappa shape index (κ1) is 14.3. The normalized spacial score (nSPS) is 14.4. The van der Waals surface area contributed by atoms with E-state index >= 15 is 0 Å². The first-order valence-corrected chi connectivity index (χ1v) is 7.69. The van der Waals surface area contributed by atoms with Crippen LogP contribution in [-0.2, 0) is 9.84 Å². The summed E-state index contributed by atoms with van der Waals surface area (Å²) in [5, 5.41) is 3.05. The van der Waals surface area contributed by atoms with Gasteiger partial charge in [0.15, 0.2) is 9.84 Å². The Morgan fingerprint density at radius 3 is 2.29 bits per heavy atom. The number of alkyl halides is 1. The molecule has 1 atom stereocenters. The van der Waals surface area contributed by atoms with Crippen molar-refractivity contribution in [2.75, 3.05) is 11.6 Å². The van der Waals surface area contributed by atoms with Gasteiger partial charge in [-0.3, -0.25) is 0 Å². The number of nitrogens with one attached hydrogen (secondary N) is 1. The zero-order chi connectivity index (χ0) is 13.3. The van der Waals surface area contributed by atoms with Crippen molar-refractivity contribution in [2.24, 2.45) is 0 Å². The summed E-state index contributed by atoms with van der Waals surface area (Å²) in [6, 6.07) is 6.84. The van der Waals surface area contributed by atoms with E-state index in [4.69, 9.17) is 11.6 Å². The van der Waals surface area contributed by atoms with Gasteiger partial charge in [0, 0.05) is 11.8 Å². The molecular weight excluding hydrogens is 258 g/mol. The molecule has 1 aromatic rings. The number of sulfone groups is 1. The molecule has 5 heteroatoms. The Labute approximate surface area is 108 Å². The van der Waals surface area contributed by atoms with Gasteiger partial charge in [-0.2, -0.15) is 0 Å². The maximum absolute atomic E-state index is 11.6. The van der Waals surface area contributed by atoms with Crippen LogP contribution in [0.3, 0.4) is 0 Å². The quantitative estimate of drug-likeness (QED) is 0.860. The van der Waals surface area contributed by atoms with Crippen molar-refractivity contribution in [3.8, 4) is 0 Å². The van der Waals surface area contributed by atoms with Gasteiger partial charge in [0.25, 0.3) is 0 Å². The van der Waals surface area contributed by atoms with Crippen molar-refractivity contribution >= 4 is 27.1 Å². The summed E-state index contributed by atoms with van der Waals surface area (Å²) in [5.41, 5.74) is 0.204. The third-order valence-corrected chi connectivity index (χ3v) is 4.44. The summed E-state index contributed by atoms with van der Waals surface area (Å²) in [5.74, 6) is 0. The molecule has 0 aliphatic carbocycles. The lowest BCUT2D eigenvalue weighted by molar-refractivity contribution is 0.552. The molecule has 0 fully saturated rings. The van der Waals surface area contributed by atoms with Crippen molar-refractivity contribution in [2.45, 2.75) is 36.6 Å². The van der Waals surface area contributed by atoms with Gasteiger partial charge in [-0.1, -0.05) is 12.1 Å². The van der Waals surface area contributed by atoms with Crippen molar-refractivity contribution in [3.05, 3.63) is 24.3 Å². The van der Waals surface area contributed by atoms with E-state index in [0.717, 1.165) is 0 Å². The minimum atomic E-state index is -3.24. The highest BCUT2D eigenvalue weighted by atomic mass is 35.5. The first-order valence-electron chi connectivity index (χ1n) is 5.36. The van der Waals surface area contributed by atoms with Crippen LogP contribution in [0.5, 0.6) is 0 Å². The maximum atomic E-state index is 11.6. The fourth-order valence-corrected chi connectivity index (χ4v) is 2.24. The van der Waals surface area contributed by atoms with Crippen molar-refractivity contribution in [1.82, 2.24) is 0 Å².